The lowest BCUT2D eigenvalue weighted by molar-refractivity contribution is -0.384. The number of nitrogen functional groups attached to an aromatic ring is 1. The van der Waals surface area contributed by atoms with Gasteiger partial charge in [0.2, 0.25) is 0 Å². The molecule has 17 heavy (non-hydrogen) atoms. The average Bonchev–Trinajstić information content (AvgIpc) is 2.76. The van der Waals surface area contributed by atoms with E-state index in [1.54, 1.807) is 7.11 Å². The largest absolute Gasteiger partial charge is 0.383 e. The molecule has 0 amide bonds. The van der Waals surface area contributed by atoms with Crippen molar-refractivity contribution in [2.75, 3.05) is 30.8 Å². The molecule has 1 unspecified atom stereocenters. The molecule has 1 aliphatic rings. The Morgan fingerprint density at radius 2 is 2.41 bits per heavy atom. The molecule has 7 heteroatoms. The van der Waals surface area contributed by atoms with Crippen LogP contribution in [-0.4, -0.2) is 36.2 Å². The first kappa shape index (κ1) is 11.6. The highest BCUT2D eigenvalue weighted by molar-refractivity contribution is 5.54. The van der Waals surface area contributed by atoms with Crippen LogP contribution in [0.1, 0.15) is 6.42 Å². The van der Waals surface area contributed by atoms with Crippen LogP contribution in [0.2, 0.25) is 0 Å². The van der Waals surface area contributed by atoms with Crippen LogP contribution in [0, 0.1) is 10.1 Å². The number of pyridine rings is 1. The number of hydrogen-bond donors (Lipinski definition) is 1. The first-order chi connectivity index (χ1) is 8.10. The Morgan fingerprint density at radius 1 is 1.65 bits per heavy atom. The van der Waals surface area contributed by atoms with Gasteiger partial charge in [-0.2, -0.15) is 0 Å². The molecule has 2 rings (SSSR count). The number of rotatable bonds is 3. The van der Waals surface area contributed by atoms with Crippen molar-refractivity contribution in [2.45, 2.75) is 12.5 Å². The zero-order valence-corrected chi connectivity index (χ0v) is 9.50. The molecule has 1 aliphatic heterocycles. The van der Waals surface area contributed by atoms with Gasteiger partial charge in [-0.1, -0.05) is 0 Å². The number of methoxy groups -OCH3 is 1. The Morgan fingerprint density at radius 3 is 3.00 bits per heavy atom. The number of hydrogen-bond acceptors (Lipinski definition) is 6. The highest BCUT2D eigenvalue weighted by Gasteiger charge is 2.24. The number of nitrogens with two attached hydrogens (primary N) is 1. The molecule has 2 heterocycles. The lowest BCUT2D eigenvalue weighted by atomic mass is 10.3. The van der Waals surface area contributed by atoms with Gasteiger partial charge in [-0.05, 0) is 6.42 Å². The van der Waals surface area contributed by atoms with Crippen LogP contribution in [0.15, 0.2) is 12.1 Å². The van der Waals surface area contributed by atoms with Crippen molar-refractivity contribution in [3.05, 3.63) is 22.2 Å². The Labute approximate surface area is 98.3 Å². The van der Waals surface area contributed by atoms with Crippen LogP contribution >= 0.6 is 0 Å². The Bertz CT molecular complexity index is 438. The summed E-state index contributed by atoms with van der Waals surface area (Å²) in [5, 5.41) is 10.7. The molecule has 0 spiro atoms. The van der Waals surface area contributed by atoms with E-state index in [1.165, 1.54) is 12.1 Å². The van der Waals surface area contributed by atoms with Gasteiger partial charge in [0.15, 0.2) is 0 Å². The first-order valence-corrected chi connectivity index (χ1v) is 5.30. The highest BCUT2D eigenvalue weighted by Crippen LogP contribution is 2.25. The third kappa shape index (κ3) is 2.44. The maximum absolute atomic E-state index is 10.7. The van der Waals surface area contributed by atoms with Crippen LogP contribution in [0.3, 0.4) is 0 Å². The molecule has 0 aliphatic carbocycles. The lowest BCUT2D eigenvalue weighted by Crippen LogP contribution is -2.23. The molecule has 0 bridgehead atoms. The lowest BCUT2D eigenvalue weighted by Gasteiger charge is -2.17. The second-order valence-corrected chi connectivity index (χ2v) is 3.96. The third-order valence-electron chi connectivity index (χ3n) is 2.83. The Kier molecular flexibility index (Phi) is 3.10. The zero-order chi connectivity index (χ0) is 12.4. The van der Waals surface area contributed by atoms with Gasteiger partial charge < -0.3 is 15.4 Å². The molecule has 0 radical (unpaired) electrons. The summed E-state index contributed by atoms with van der Waals surface area (Å²) in [7, 11) is 1.66. The maximum Gasteiger partial charge on any atom is 0.276 e. The summed E-state index contributed by atoms with van der Waals surface area (Å²) in [6, 6.07) is 2.70. The normalized spacial score (nSPS) is 19.6. The minimum absolute atomic E-state index is 0.0339. The van der Waals surface area contributed by atoms with Crippen LogP contribution in [0.25, 0.3) is 0 Å². The molecule has 1 atom stereocenters. The van der Waals surface area contributed by atoms with Crippen molar-refractivity contribution in [3.8, 4) is 0 Å². The van der Waals surface area contributed by atoms with Gasteiger partial charge in [0, 0.05) is 20.2 Å². The Hall–Kier alpha value is -1.89. The van der Waals surface area contributed by atoms with Gasteiger partial charge in [0.05, 0.1) is 23.2 Å². The zero-order valence-electron chi connectivity index (χ0n) is 9.50. The molecule has 1 aromatic heterocycles. The molecule has 7 nitrogen and oxygen atoms in total. The monoisotopic (exact) mass is 238 g/mol. The third-order valence-corrected chi connectivity index (χ3v) is 2.83. The smallest absolute Gasteiger partial charge is 0.276 e. The van der Waals surface area contributed by atoms with Crippen LogP contribution in [-0.2, 0) is 4.74 Å². The van der Waals surface area contributed by atoms with Gasteiger partial charge in [0.25, 0.3) is 5.69 Å². The first-order valence-electron chi connectivity index (χ1n) is 5.30. The predicted octanol–water partition coefficient (Wildman–Crippen LogP) is 0.797. The van der Waals surface area contributed by atoms with Gasteiger partial charge in [-0.3, -0.25) is 10.1 Å². The minimum Gasteiger partial charge on any atom is -0.383 e. The van der Waals surface area contributed by atoms with Gasteiger partial charge in [-0.25, -0.2) is 4.98 Å². The molecule has 0 saturated carbocycles. The second-order valence-electron chi connectivity index (χ2n) is 3.96. The molecule has 1 aromatic rings. The summed E-state index contributed by atoms with van der Waals surface area (Å²) in [6.07, 6.45) is 1.04. The van der Waals surface area contributed by atoms with Crippen molar-refractivity contribution in [3.63, 3.8) is 0 Å². The number of anilines is 2. The van der Waals surface area contributed by atoms with E-state index in [0.717, 1.165) is 13.0 Å². The van der Waals surface area contributed by atoms with E-state index in [0.29, 0.717) is 12.4 Å². The van der Waals surface area contributed by atoms with E-state index in [1.807, 2.05) is 4.90 Å². The molecular weight excluding hydrogens is 224 g/mol. The molecule has 1 saturated heterocycles. The van der Waals surface area contributed by atoms with Crippen molar-refractivity contribution in [1.82, 2.24) is 4.98 Å². The SMILES string of the molecule is COC1CCN(c2cc([N+](=O)[O-])cc(N)n2)C1. The topological polar surface area (TPSA) is 94.5 Å². The van der Waals surface area contributed by atoms with Gasteiger partial charge in [-0.15, -0.1) is 0 Å². The van der Waals surface area contributed by atoms with Crippen molar-refractivity contribution >= 4 is 17.3 Å². The number of nitrogens with zero attached hydrogens (tertiary/aromatic N) is 3. The van der Waals surface area contributed by atoms with E-state index in [2.05, 4.69) is 4.98 Å². The van der Waals surface area contributed by atoms with E-state index in [-0.39, 0.29) is 17.6 Å². The number of aromatic nitrogens is 1. The quantitative estimate of drug-likeness (QED) is 0.618. The molecule has 2 N–H and O–H groups in total. The molecule has 92 valence electrons. The summed E-state index contributed by atoms with van der Waals surface area (Å²) < 4.78 is 5.24. The molecular formula is C10H14N4O3. The van der Waals surface area contributed by atoms with Crippen molar-refractivity contribution < 1.29 is 9.66 Å². The number of ether oxygens (including phenoxy) is 1. The van der Waals surface area contributed by atoms with E-state index >= 15 is 0 Å². The summed E-state index contributed by atoms with van der Waals surface area (Å²) in [5.41, 5.74) is 5.52. The standard InChI is InChI=1S/C10H14N4O3/c1-17-8-2-3-13(6-8)10-5-7(14(15)16)4-9(11)12-10/h4-5,8H,2-3,6H2,1H3,(H2,11,12). The fourth-order valence-electron chi connectivity index (χ4n) is 1.92. The van der Waals surface area contributed by atoms with E-state index in [9.17, 15) is 10.1 Å². The highest BCUT2D eigenvalue weighted by atomic mass is 16.6. The fraction of sp³-hybridized carbons (Fsp3) is 0.500. The van der Waals surface area contributed by atoms with E-state index in [4.69, 9.17) is 10.5 Å². The minimum atomic E-state index is -0.467. The van der Waals surface area contributed by atoms with Crippen LogP contribution in [0.4, 0.5) is 17.3 Å². The van der Waals surface area contributed by atoms with Crippen LogP contribution in [0.5, 0.6) is 0 Å². The van der Waals surface area contributed by atoms with Gasteiger partial charge in [0.1, 0.15) is 11.6 Å². The summed E-state index contributed by atoms with van der Waals surface area (Å²) in [6.45, 7) is 1.45. The van der Waals surface area contributed by atoms with Crippen molar-refractivity contribution in [2.24, 2.45) is 0 Å². The summed E-state index contributed by atoms with van der Waals surface area (Å²) >= 11 is 0. The fourth-order valence-corrected chi connectivity index (χ4v) is 1.92. The van der Waals surface area contributed by atoms with Crippen LogP contribution < -0.4 is 10.6 Å². The van der Waals surface area contributed by atoms with Crippen molar-refractivity contribution in [1.29, 1.82) is 0 Å². The van der Waals surface area contributed by atoms with E-state index < -0.39 is 4.92 Å². The maximum atomic E-state index is 10.7. The summed E-state index contributed by atoms with van der Waals surface area (Å²) in [4.78, 5) is 16.3. The molecule has 0 aromatic carbocycles. The number of nitro groups is 1. The van der Waals surface area contributed by atoms with Gasteiger partial charge >= 0.3 is 0 Å². The second kappa shape index (κ2) is 4.54. The summed E-state index contributed by atoms with van der Waals surface area (Å²) in [5.74, 6) is 0.700. The Balaban J connectivity index is 2.24. The molecule has 1 fully saturated rings. The predicted molar refractivity (Wildman–Crippen MR) is 62.9 cm³/mol. The average molecular weight is 238 g/mol.